The van der Waals surface area contributed by atoms with Crippen LogP contribution in [0.5, 0.6) is 5.75 Å². The second-order valence-electron chi connectivity index (χ2n) is 2.88. The molecule has 0 spiro atoms. The van der Waals surface area contributed by atoms with Crippen molar-refractivity contribution >= 4 is 10.8 Å². The highest BCUT2D eigenvalue weighted by atomic mass is 32.2. The molecule has 0 amide bonds. The number of rotatable bonds is 3. The van der Waals surface area contributed by atoms with Gasteiger partial charge in [-0.3, -0.25) is 4.21 Å². The molecule has 0 aliphatic heterocycles. The van der Waals surface area contributed by atoms with E-state index in [1.807, 2.05) is 31.2 Å². The van der Waals surface area contributed by atoms with Gasteiger partial charge < -0.3 is 4.74 Å². The number of benzene rings is 1. The van der Waals surface area contributed by atoms with Gasteiger partial charge in [0.2, 0.25) is 0 Å². The first-order valence-electron chi connectivity index (χ1n) is 4.12. The van der Waals surface area contributed by atoms with E-state index in [-0.39, 0.29) is 5.25 Å². The Kier molecular flexibility index (Phi) is 3.48. The number of methoxy groups -OCH3 is 1. The minimum absolute atomic E-state index is 0.0242. The third-order valence-corrected chi connectivity index (χ3v) is 3.32. The second-order valence-corrected chi connectivity index (χ2v) is 4.59. The average molecular weight is 198 g/mol. The Morgan fingerprint density at radius 2 is 2.00 bits per heavy atom. The fraction of sp³-hybridized carbons (Fsp3) is 0.400. The summed E-state index contributed by atoms with van der Waals surface area (Å²) in [5.41, 5.74) is 1.01. The quantitative estimate of drug-likeness (QED) is 0.743. The zero-order chi connectivity index (χ0) is 9.84. The largest absolute Gasteiger partial charge is 0.496 e. The molecular formula is C10H14O2S. The van der Waals surface area contributed by atoms with Gasteiger partial charge in [-0.2, -0.15) is 0 Å². The second kappa shape index (κ2) is 4.42. The first kappa shape index (κ1) is 10.3. The maximum atomic E-state index is 11.3. The summed E-state index contributed by atoms with van der Waals surface area (Å²) in [5, 5.41) is 0.0242. The molecule has 13 heavy (non-hydrogen) atoms. The van der Waals surface area contributed by atoms with Gasteiger partial charge in [0.05, 0.1) is 12.4 Å². The fourth-order valence-electron chi connectivity index (χ4n) is 1.18. The monoisotopic (exact) mass is 198 g/mol. The van der Waals surface area contributed by atoms with Crippen LogP contribution < -0.4 is 4.74 Å². The van der Waals surface area contributed by atoms with Crippen molar-refractivity contribution in [2.75, 3.05) is 13.4 Å². The van der Waals surface area contributed by atoms with E-state index in [4.69, 9.17) is 4.74 Å². The van der Waals surface area contributed by atoms with E-state index in [1.165, 1.54) is 0 Å². The predicted octanol–water partition coefficient (Wildman–Crippen LogP) is 2.13. The van der Waals surface area contributed by atoms with Gasteiger partial charge >= 0.3 is 0 Å². The molecule has 0 saturated heterocycles. The van der Waals surface area contributed by atoms with Crippen LogP contribution in [0.15, 0.2) is 24.3 Å². The molecule has 2 atom stereocenters. The molecule has 0 heterocycles. The van der Waals surface area contributed by atoms with Crippen LogP contribution in [-0.2, 0) is 10.8 Å². The standard InChI is InChI=1S/C10H14O2S/c1-8(13(3)11)9-6-4-5-7-10(9)12-2/h4-8H,1-3H3. The van der Waals surface area contributed by atoms with Crippen molar-refractivity contribution in [3.8, 4) is 5.75 Å². The highest BCUT2D eigenvalue weighted by Gasteiger charge is 2.13. The molecule has 0 radical (unpaired) electrons. The topological polar surface area (TPSA) is 26.3 Å². The van der Waals surface area contributed by atoms with E-state index in [1.54, 1.807) is 13.4 Å². The van der Waals surface area contributed by atoms with Crippen LogP contribution >= 0.6 is 0 Å². The molecule has 1 aromatic rings. The predicted molar refractivity (Wildman–Crippen MR) is 55.5 cm³/mol. The van der Waals surface area contributed by atoms with Crippen LogP contribution in [0.1, 0.15) is 17.7 Å². The first-order chi connectivity index (χ1) is 6.16. The minimum atomic E-state index is -0.853. The first-order valence-corrected chi connectivity index (χ1v) is 5.74. The Morgan fingerprint density at radius 1 is 1.38 bits per heavy atom. The minimum Gasteiger partial charge on any atom is -0.496 e. The lowest BCUT2D eigenvalue weighted by molar-refractivity contribution is 0.409. The van der Waals surface area contributed by atoms with Gasteiger partial charge in [0.1, 0.15) is 5.75 Å². The van der Waals surface area contributed by atoms with Crippen molar-refractivity contribution < 1.29 is 8.95 Å². The van der Waals surface area contributed by atoms with Crippen molar-refractivity contribution in [1.82, 2.24) is 0 Å². The van der Waals surface area contributed by atoms with Crippen LogP contribution in [0, 0.1) is 0 Å². The molecule has 0 aliphatic rings. The normalized spacial score (nSPS) is 15.0. The van der Waals surface area contributed by atoms with E-state index in [0.29, 0.717) is 0 Å². The fourth-order valence-corrected chi connectivity index (χ4v) is 1.73. The lowest BCUT2D eigenvalue weighted by atomic mass is 10.1. The SMILES string of the molecule is COc1ccccc1C(C)S(C)=O. The summed E-state index contributed by atoms with van der Waals surface area (Å²) in [4.78, 5) is 0. The van der Waals surface area contributed by atoms with Crippen molar-refractivity contribution in [2.24, 2.45) is 0 Å². The molecule has 2 nitrogen and oxygen atoms in total. The van der Waals surface area contributed by atoms with Crippen molar-refractivity contribution in [3.63, 3.8) is 0 Å². The Hall–Kier alpha value is -0.830. The molecule has 0 saturated carbocycles. The summed E-state index contributed by atoms with van der Waals surface area (Å²) in [6, 6.07) is 7.68. The summed E-state index contributed by atoms with van der Waals surface area (Å²) >= 11 is 0. The zero-order valence-corrected chi connectivity index (χ0v) is 8.93. The van der Waals surface area contributed by atoms with E-state index >= 15 is 0 Å². The van der Waals surface area contributed by atoms with Gasteiger partial charge in [-0.05, 0) is 13.0 Å². The summed E-state index contributed by atoms with van der Waals surface area (Å²) in [6.45, 7) is 1.94. The summed E-state index contributed by atoms with van der Waals surface area (Å²) < 4.78 is 16.5. The Morgan fingerprint density at radius 3 is 2.54 bits per heavy atom. The summed E-state index contributed by atoms with van der Waals surface area (Å²) in [7, 11) is 0.776. The maximum absolute atomic E-state index is 11.3. The molecule has 0 aromatic heterocycles. The van der Waals surface area contributed by atoms with Crippen LogP contribution in [0.3, 0.4) is 0 Å². The van der Waals surface area contributed by atoms with Crippen LogP contribution in [0.25, 0.3) is 0 Å². The highest BCUT2D eigenvalue weighted by Crippen LogP contribution is 2.27. The maximum Gasteiger partial charge on any atom is 0.123 e. The van der Waals surface area contributed by atoms with Crippen LogP contribution in [0.4, 0.5) is 0 Å². The van der Waals surface area contributed by atoms with Gasteiger partial charge in [0, 0.05) is 22.6 Å². The van der Waals surface area contributed by atoms with E-state index in [2.05, 4.69) is 0 Å². The molecule has 72 valence electrons. The summed E-state index contributed by atoms with van der Waals surface area (Å²) in [5.74, 6) is 0.810. The van der Waals surface area contributed by atoms with Gasteiger partial charge in [0.25, 0.3) is 0 Å². The number of para-hydroxylation sites is 1. The van der Waals surface area contributed by atoms with Gasteiger partial charge in [-0.1, -0.05) is 18.2 Å². The molecule has 2 unspecified atom stereocenters. The molecule has 0 aliphatic carbocycles. The molecule has 0 fully saturated rings. The smallest absolute Gasteiger partial charge is 0.123 e. The van der Waals surface area contributed by atoms with Crippen LogP contribution in [0.2, 0.25) is 0 Å². The van der Waals surface area contributed by atoms with Gasteiger partial charge in [-0.15, -0.1) is 0 Å². The lowest BCUT2D eigenvalue weighted by Crippen LogP contribution is -2.02. The summed E-state index contributed by atoms with van der Waals surface area (Å²) in [6.07, 6.45) is 1.71. The molecule has 0 bridgehead atoms. The van der Waals surface area contributed by atoms with Crippen molar-refractivity contribution in [2.45, 2.75) is 12.2 Å². The van der Waals surface area contributed by atoms with Gasteiger partial charge in [-0.25, -0.2) is 0 Å². The third-order valence-electron chi connectivity index (χ3n) is 2.07. The van der Waals surface area contributed by atoms with Crippen molar-refractivity contribution in [3.05, 3.63) is 29.8 Å². The Bertz CT molecular complexity index is 310. The molecule has 1 rings (SSSR count). The van der Waals surface area contributed by atoms with Crippen molar-refractivity contribution in [1.29, 1.82) is 0 Å². The van der Waals surface area contributed by atoms with Gasteiger partial charge in [0.15, 0.2) is 0 Å². The Balaban J connectivity index is 3.05. The lowest BCUT2D eigenvalue weighted by Gasteiger charge is -2.12. The van der Waals surface area contributed by atoms with E-state index < -0.39 is 10.8 Å². The number of hydrogen-bond acceptors (Lipinski definition) is 2. The Labute approximate surface area is 81.4 Å². The highest BCUT2D eigenvalue weighted by molar-refractivity contribution is 7.84. The average Bonchev–Trinajstić information content (AvgIpc) is 2.16. The molecule has 0 N–H and O–H groups in total. The molecular weight excluding hydrogens is 184 g/mol. The van der Waals surface area contributed by atoms with E-state index in [9.17, 15) is 4.21 Å². The number of ether oxygens (including phenoxy) is 1. The molecule has 3 heteroatoms. The van der Waals surface area contributed by atoms with E-state index in [0.717, 1.165) is 11.3 Å². The zero-order valence-electron chi connectivity index (χ0n) is 8.11. The molecule has 1 aromatic carbocycles. The third kappa shape index (κ3) is 2.31. The van der Waals surface area contributed by atoms with Crippen LogP contribution in [-0.4, -0.2) is 17.6 Å². The number of hydrogen-bond donors (Lipinski definition) is 0.